The molecule has 114 valence electrons. The van der Waals surface area contributed by atoms with Crippen molar-refractivity contribution >= 4 is 22.8 Å². The van der Waals surface area contributed by atoms with Crippen LogP contribution in [0.5, 0.6) is 0 Å². The molecule has 1 unspecified atom stereocenters. The maximum Gasteiger partial charge on any atom is 0.333 e. The van der Waals surface area contributed by atoms with Gasteiger partial charge in [-0.1, -0.05) is 30.3 Å². The van der Waals surface area contributed by atoms with Crippen LogP contribution in [0, 0.1) is 0 Å². The number of nitrogens with zero attached hydrogens (tertiary/aromatic N) is 4. The normalized spacial score (nSPS) is 12.7. The number of imidazole rings is 1. The van der Waals surface area contributed by atoms with Crippen LogP contribution in [0.2, 0.25) is 5.28 Å². The second-order valence-corrected chi connectivity index (χ2v) is 5.55. The quantitative estimate of drug-likeness (QED) is 0.676. The van der Waals surface area contributed by atoms with Gasteiger partial charge in [-0.3, -0.25) is 13.9 Å². The minimum absolute atomic E-state index is 0.173. The Kier molecular flexibility index (Phi) is 3.41. The van der Waals surface area contributed by atoms with Crippen LogP contribution in [-0.2, 0) is 14.1 Å². The number of aromatic nitrogens is 4. The van der Waals surface area contributed by atoms with E-state index in [1.54, 1.807) is 14.1 Å². The highest BCUT2D eigenvalue weighted by molar-refractivity contribution is 6.29. The Bertz CT molecular complexity index is 969. The molecule has 0 bridgehead atoms. The van der Waals surface area contributed by atoms with Crippen molar-refractivity contribution in [1.82, 2.24) is 18.7 Å². The van der Waals surface area contributed by atoms with Crippen LogP contribution in [-0.4, -0.2) is 18.7 Å². The summed E-state index contributed by atoms with van der Waals surface area (Å²) in [5.74, 6) is 0. The Morgan fingerprint density at radius 3 is 2.36 bits per heavy atom. The summed E-state index contributed by atoms with van der Waals surface area (Å²) < 4.78 is 4.07. The van der Waals surface area contributed by atoms with E-state index < -0.39 is 11.2 Å². The summed E-state index contributed by atoms with van der Waals surface area (Å²) in [6.07, 6.45) is 0. The highest BCUT2D eigenvalue weighted by Crippen LogP contribution is 2.17. The molecule has 0 aliphatic rings. The first-order valence-corrected chi connectivity index (χ1v) is 7.19. The topological polar surface area (TPSA) is 61.8 Å². The van der Waals surface area contributed by atoms with Gasteiger partial charge in [-0.25, -0.2) is 4.79 Å². The first-order valence-electron chi connectivity index (χ1n) is 6.82. The molecule has 2 aromatic heterocycles. The fourth-order valence-electron chi connectivity index (χ4n) is 2.61. The Hall–Kier alpha value is -2.34. The Morgan fingerprint density at radius 1 is 1.09 bits per heavy atom. The van der Waals surface area contributed by atoms with Gasteiger partial charge in [0.05, 0.1) is 6.04 Å². The van der Waals surface area contributed by atoms with Crippen molar-refractivity contribution in [1.29, 1.82) is 0 Å². The summed E-state index contributed by atoms with van der Waals surface area (Å²) in [6.45, 7) is 1.82. The van der Waals surface area contributed by atoms with Crippen molar-refractivity contribution in [3.05, 3.63) is 62.0 Å². The van der Waals surface area contributed by atoms with Crippen LogP contribution in [0.1, 0.15) is 18.5 Å². The maximum absolute atomic E-state index is 12.8. The van der Waals surface area contributed by atoms with Crippen molar-refractivity contribution in [3.63, 3.8) is 0 Å². The zero-order valence-electron chi connectivity index (χ0n) is 12.4. The zero-order chi connectivity index (χ0) is 16.0. The van der Waals surface area contributed by atoms with E-state index in [9.17, 15) is 9.59 Å². The van der Waals surface area contributed by atoms with E-state index in [4.69, 9.17) is 11.6 Å². The van der Waals surface area contributed by atoms with Crippen LogP contribution in [0.4, 0.5) is 0 Å². The van der Waals surface area contributed by atoms with E-state index in [1.807, 2.05) is 37.3 Å². The molecule has 7 heteroatoms. The summed E-state index contributed by atoms with van der Waals surface area (Å²) >= 11 is 5.99. The molecule has 0 fully saturated rings. The number of benzene rings is 1. The lowest BCUT2D eigenvalue weighted by Crippen LogP contribution is -2.41. The summed E-state index contributed by atoms with van der Waals surface area (Å²) in [5.41, 5.74) is 0.684. The number of hydrogen-bond donors (Lipinski definition) is 0. The lowest BCUT2D eigenvalue weighted by Gasteiger charge is -2.16. The molecule has 0 N–H and O–H groups in total. The van der Waals surface area contributed by atoms with Crippen LogP contribution in [0.15, 0.2) is 39.9 Å². The molecule has 3 rings (SSSR count). The van der Waals surface area contributed by atoms with Gasteiger partial charge in [0.25, 0.3) is 5.56 Å². The van der Waals surface area contributed by atoms with E-state index in [1.165, 1.54) is 13.7 Å². The van der Waals surface area contributed by atoms with Crippen LogP contribution < -0.4 is 11.2 Å². The van der Waals surface area contributed by atoms with E-state index in [0.717, 1.165) is 5.56 Å². The summed E-state index contributed by atoms with van der Waals surface area (Å²) in [4.78, 5) is 29.4. The Morgan fingerprint density at radius 2 is 1.73 bits per heavy atom. The highest BCUT2D eigenvalue weighted by Gasteiger charge is 2.21. The predicted octanol–water partition coefficient (Wildman–Crippen LogP) is 1.70. The van der Waals surface area contributed by atoms with Crippen molar-refractivity contribution in [2.75, 3.05) is 0 Å². The van der Waals surface area contributed by atoms with E-state index in [-0.39, 0.29) is 11.3 Å². The van der Waals surface area contributed by atoms with Crippen LogP contribution in [0.3, 0.4) is 0 Å². The molecule has 1 atom stereocenters. The number of halogens is 1. The van der Waals surface area contributed by atoms with Gasteiger partial charge in [0.1, 0.15) is 0 Å². The molecule has 0 saturated carbocycles. The molecule has 1 aromatic carbocycles. The zero-order valence-corrected chi connectivity index (χ0v) is 13.2. The first-order chi connectivity index (χ1) is 10.4. The third-order valence-corrected chi connectivity index (χ3v) is 4.26. The van der Waals surface area contributed by atoms with Gasteiger partial charge in [-0.05, 0) is 24.1 Å². The van der Waals surface area contributed by atoms with Gasteiger partial charge < -0.3 is 4.57 Å². The summed E-state index contributed by atoms with van der Waals surface area (Å²) in [5, 5.41) is 0.173. The Balaban J connectivity index is 2.38. The van der Waals surface area contributed by atoms with Crippen LogP contribution >= 0.6 is 11.6 Å². The molecule has 2 heterocycles. The maximum atomic E-state index is 12.8. The predicted molar refractivity (Wildman–Crippen MR) is 85.5 cm³/mol. The smallest absolute Gasteiger partial charge is 0.312 e. The third-order valence-electron chi connectivity index (χ3n) is 3.92. The number of hydrogen-bond acceptors (Lipinski definition) is 3. The van der Waals surface area contributed by atoms with Crippen molar-refractivity contribution in [2.24, 2.45) is 14.1 Å². The standard InChI is InChI=1S/C15H15ClN4O2/c1-9(10-7-5-4-6-8-10)20-13(21)11-12(19(3)15(20)22)17-14(16)18(11)2/h4-9H,1-3H3. The van der Waals surface area contributed by atoms with Crippen molar-refractivity contribution in [2.45, 2.75) is 13.0 Å². The number of aryl methyl sites for hydroxylation is 2. The van der Waals surface area contributed by atoms with Gasteiger partial charge in [0, 0.05) is 14.1 Å². The fourth-order valence-corrected chi connectivity index (χ4v) is 2.77. The lowest BCUT2D eigenvalue weighted by molar-refractivity contribution is 0.558. The molecule has 22 heavy (non-hydrogen) atoms. The molecule has 0 radical (unpaired) electrons. The number of rotatable bonds is 2. The third kappa shape index (κ3) is 1.99. The molecule has 0 saturated heterocycles. The monoisotopic (exact) mass is 318 g/mol. The van der Waals surface area contributed by atoms with Gasteiger partial charge in [0.2, 0.25) is 5.28 Å². The second-order valence-electron chi connectivity index (χ2n) is 5.22. The lowest BCUT2D eigenvalue weighted by atomic mass is 10.1. The van der Waals surface area contributed by atoms with Gasteiger partial charge >= 0.3 is 5.69 Å². The SMILES string of the molecule is CC(c1ccccc1)n1c(=O)c2c(nc(Cl)n2C)n(C)c1=O. The minimum Gasteiger partial charge on any atom is -0.312 e. The fraction of sp³-hybridized carbons (Fsp3) is 0.267. The van der Waals surface area contributed by atoms with E-state index in [0.29, 0.717) is 11.2 Å². The van der Waals surface area contributed by atoms with Crippen molar-refractivity contribution in [3.8, 4) is 0 Å². The molecule has 0 spiro atoms. The van der Waals surface area contributed by atoms with Crippen molar-refractivity contribution < 1.29 is 0 Å². The van der Waals surface area contributed by atoms with Gasteiger partial charge in [-0.15, -0.1) is 0 Å². The Labute approximate surface area is 131 Å². The molecule has 0 aliphatic carbocycles. The average molecular weight is 319 g/mol. The molecule has 0 amide bonds. The molecular weight excluding hydrogens is 304 g/mol. The molecule has 6 nitrogen and oxygen atoms in total. The largest absolute Gasteiger partial charge is 0.333 e. The van der Waals surface area contributed by atoms with E-state index >= 15 is 0 Å². The number of fused-ring (bicyclic) bond motifs is 1. The van der Waals surface area contributed by atoms with Gasteiger partial charge in [-0.2, -0.15) is 4.98 Å². The summed E-state index contributed by atoms with van der Waals surface area (Å²) in [7, 11) is 3.24. The molecular formula is C15H15ClN4O2. The molecule has 0 aliphatic heterocycles. The van der Waals surface area contributed by atoms with Crippen LogP contribution in [0.25, 0.3) is 11.2 Å². The second kappa shape index (κ2) is 5.14. The van der Waals surface area contributed by atoms with Gasteiger partial charge in [0.15, 0.2) is 11.2 Å². The van der Waals surface area contributed by atoms with E-state index in [2.05, 4.69) is 4.98 Å². The highest BCUT2D eigenvalue weighted by atomic mass is 35.5. The minimum atomic E-state index is -0.413. The molecule has 3 aromatic rings. The first kappa shape index (κ1) is 14.6. The average Bonchev–Trinajstić information content (AvgIpc) is 2.82. The summed E-state index contributed by atoms with van der Waals surface area (Å²) in [6, 6.07) is 9.03.